The van der Waals surface area contributed by atoms with Crippen LogP contribution in [0.15, 0.2) is 12.1 Å². The van der Waals surface area contributed by atoms with E-state index in [9.17, 15) is 4.39 Å². The molecule has 1 aliphatic rings. The first-order valence-corrected chi connectivity index (χ1v) is 5.26. The van der Waals surface area contributed by atoms with E-state index in [-0.39, 0.29) is 16.1 Å². The van der Waals surface area contributed by atoms with Crippen LogP contribution in [0.5, 0.6) is 5.75 Å². The molecule has 0 bridgehead atoms. The Kier molecular flexibility index (Phi) is 2.51. The lowest BCUT2D eigenvalue weighted by atomic mass is 10.2. The molecule has 4 heteroatoms. The van der Waals surface area contributed by atoms with E-state index in [1.54, 1.807) is 6.07 Å². The molecule has 1 aliphatic carbocycles. The topological polar surface area (TPSA) is 35.2 Å². The van der Waals surface area contributed by atoms with E-state index in [0.29, 0.717) is 12.4 Å². The summed E-state index contributed by atoms with van der Waals surface area (Å²) >= 11 is 5.77. The number of nitrogen functional groups attached to an aromatic ring is 1. The summed E-state index contributed by atoms with van der Waals surface area (Å²) in [6.45, 7) is 2.71. The molecule has 0 radical (unpaired) electrons. The maximum absolute atomic E-state index is 13.3. The van der Waals surface area contributed by atoms with Crippen molar-refractivity contribution in [1.29, 1.82) is 0 Å². The van der Waals surface area contributed by atoms with Gasteiger partial charge >= 0.3 is 0 Å². The van der Waals surface area contributed by atoms with Crippen molar-refractivity contribution < 1.29 is 9.13 Å². The molecule has 0 saturated heterocycles. The van der Waals surface area contributed by atoms with Crippen molar-refractivity contribution >= 4 is 17.3 Å². The highest BCUT2D eigenvalue weighted by molar-refractivity contribution is 6.32. The fourth-order valence-electron chi connectivity index (χ4n) is 1.27. The van der Waals surface area contributed by atoms with Gasteiger partial charge in [-0.2, -0.15) is 0 Å². The Morgan fingerprint density at radius 1 is 1.53 bits per heavy atom. The average Bonchev–Trinajstić information content (AvgIpc) is 2.93. The number of anilines is 1. The zero-order valence-corrected chi connectivity index (χ0v) is 9.27. The Morgan fingerprint density at radius 2 is 2.20 bits per heavy atom. The second-order valence-corrected chi connectivity index (χ2v) is 4.76. The van der Waals surface area contributed by atoms with Crippen LogP contribution in [0.4, 0.5) is 10.1 Å². The minimum absolute atomic E-state index is 0.0285. The zero-order chi connectivity index (χ0) is 11.1. The minimum atomic E-state index is -0.602. The van der Waals surface area contributed by atoms with Gasteiger partial charge in [-0.05, 0) is 25.0 Å². The summed E-state index contributed by atoms with van der Waals surface area (Å²) in [5.74, 6) is -0.230. The highest BCUT2D eigenvalue weighted by Gasteiger charge is 2.38. The zero-order valence-electron chi connectivity index (χ0n) is 8.52. The number of ether oxygens (including phenoxy) is 1. The van der Waals surface area contributed by atoms with E-state index < -0.39 is 5.82 Å². The largest absolute Gasteiger partial charge is 0.491 e. The van der Waals surface area contributed by atoms with Crippen molar-refractivity contribution in [2.75, 3.05) is 12.3 Å². The second-order valence-electron chi connectivity index (χ2n) is 4.38. The first-order chi connectivity index (χ1) is 7.02. The number of hydrogen-bond donors (Lipinski definition) is 1. The van der Waals surface area contributed by atoms with Gasteiger partial charge in [-0.25, -0.2) is 4.39 Å². The van der Waals surface area contributed by atoms with Crippen LogP contribution in [0.2, 0.25) is 5.02 Å². The van der Waals surface area contributed by atoms with E-state index in [1.807, 2.05) is 0 Å². The maximum atomic E-state index is 13.3. The van der Waals surface area contributed by atoms with Gasteiger partial charge in [0.1, 0.15) is 10.8 Å². The Balaban J connectivity index is 2.11. The van der Waals surface area contributed by atoms with Crippen molar-refractivity contribution in [3.8, 4) is 5.75 Å². The van der Waals surface area contributed by atoms with Crippen LogP contribution in [-0.4, -0.2) is 6.61 Å². The van der Waals surface area contributed by atoms with Gasteiger partial charge in [-0.1, -0.05) is 18.5 Å². The third kappa shape index (κ3) is 2.17. The molecular formula is C11H13ClFNO. The van der Waals surface area contributed by atoms with Gasteiger partial charge in [0.2, 0.25) is 0 Å². The van der Waals surface area contributed by atoms with Gasteiger partial charge in [0.05, 0.1) is 12.3 Å². The molecule has 1 fully saturated rings. The quantitative estimate of drug-likeness (QED) is 0.808. The molecule has 0 atom stereocenters. The number of rotatable bonds is 3. The van der Waals surface area contributed by atoms with Gasteiger partial charge in [-0.15, -0.1) is 0 Å². The van der Waals surface area contributed by atoms with Crippen molar-refractivity contribution in [2.45, 2.75) is 19.8 Å². The Hall–Kier alpha value is -0.960. The van der Waals surface area contributed by atoms with Gasteiger partial charge in [0.15, 0.2) is 5.82 Å². The molecule has 2 N–H and O–H groups in total. The van der Waals surface area contributed by atoms with E-state index in [0.717, 1.165) is 12.8 Å². The minimum Gasteiger partial charge on any atom is -0.491 e. The molecule has 2 nitrogen and oxygen atoms in total. The van der Waals surface area contributed by atoms with Crippen molar-refractivity contribution in [1.82, 2.24) is 0 Å². The van der Waals surface area contributed by atoms with Crippen LogP contribution in [-0.2, 0) is 0 Å². The second kappa shape index (κ2) is 3.56. The van der Waals surface area contributed by atoms with Crippen LogP contribution in [0.3, 0.4) is 0 Å². The molecule has 1 aromatic carbocycles. The molecule has 1 saturated carbocycles. The lowest BCUT2D eigenvalue weighted by molar-refractivity contribution is 0.247. The predicted octanol–water partition coefficient (Wildman–Crippen LogP) is 3.24. The SMILES string of the molecule is CC1(COc2ccc(N)c(F)c2Cl)CC1. The molecular weight excluding hydrogens is 217 g/mol. The molecule has 15 heavy (non-hydrogen) atoms. The van der Waals surface area contributed by atoms with Gasteiger partial charge in [-0.3, -0.25) is 0 Å². The highest BCUT2D eigenvalue weighted by Crippen LogP contribution is 2.45. The number of hydrogen-bond acceptors (Lipinski definition) is 2. The Morgan fingerprint density at radius 3 is 2.80 bits per heavy atom. The van der Waals surface area contributed by atoms with Crippen LogP contribution >= 0.6 is 11.6 Å². The third-order valence-electron chi connectivity index (χ3n) is 2.76. The summed E-state index contributed by atoms with van der Waals surface area (Å²) in [6, 6.07) is 3.07. The number of benzene rings is 1. The standard InChI is InChI=1S/C11H13ClFNO/c1-11(4-5-11)6-15-8-3-2-7(14)10(13)9(8)12/h2-3H,4-6,14H2,1H3. The summed E-state index contributed by atoms with van der Waals surface area (Å²) < 4.78 is 18.8. The van der Waals surface area contributed by atoms with Crippen LogP contribution in [0, 0.1) is 11.2 Å². The van der Waals surface area contributed by atoms with E-state index in [1.165, 1.54) is 6.07 Å². The fourth-order valence-corrected chi connectivity index (χ4v) is 1.49. The molecule has 0 aromatic heterocycles. The smallest absolute Gasteiger partial charge is 0.168 e. The van der Waals surface area contributed by atoms with Crippen molar-refractivity contribution in [3.05, 3.63) is 23.0 Å². The van der Waals surface area contributed by atoms with Crippen LogP contribution in [0.25, 0.3) is 0 Å². The molecule has 82 valence electrons. The average molecular weight is 230 g/mol. The molecule has 0 amide bonds. The number of halogens is 2. The number of nitrogens with two attached hydrogens (primary N) is 1. The molecule has 0 heterocycles. The Bertz CT molecular complexity index is 390. The molecule has 0 unspecified atom stereocenters. The molecule has 2 rings (SSSR count). The summed E-state index contributed by atoms with van der Waals surface area (Å²) in [5, 5.41) is -0.0285. The van der Waals surface area contributed by atoms with Crippen LogP contribution < -0.4 is 10.5 Å². The predicted molar refractivity (Wildman–Crippen MR) is 58.7 cm³/mol. The van der Waals surface area contributed by atoms with Gasteiger partial charge < -0.3 is 10.5 Å². The molecule has 1 aromatic rings. The highest BCUT2D eigenvalue weighted by atomic mass is 35.5. The van der Waals surface area contributed by atoms with Crippen molar-refractivity contribution in [2.24, 2.45) is 5.41 Å². The summed E-state index contributed by atoms with van der Waals surface area (Å²) in [5.41, 5.74) is 5.67. The lowest BCUT2D eigenvalue weighted by Crippen LogP contribution is -2.09. The van der Waals surface area contributed by atoms with E-state index in [2.05, 4.69) is 6.92 Å². The van der Waals surface area contributed by atoms with Crippen LogP contribution in [0.1, 0.15) is 19.8 Å². The summed E-state index contributed by atoms with van der Waals surface area (Å²) in [4.78, 5) is 0. The third-order valence-corrected chi connectivity index (χ3v) is 3.11. The lowest BCUT2D eigenvalue weighted by Gasteiger charge is -2.12. The first-order valence-electron chi connectivity index (χ1n) is 4.88. The van der Waals surface area contributed by atoms with E-state index in [4.69, 9.17) is 22.1 Å². The summed E-state index contributed by atoms with van der Waals surface area (Å²) in [7, 11) is 0. The Labute approximate surface area is 93.2 Å². The van der Waals surface area contributed by atoms with Gasteiger partial charge in [0.25, 0.3) is 0 Å². The fraction of sp³-hybridized carbons (Fsp3) is 0.455. The van der Waals surface area contributed by atoms with Gasteiger partial charge in [0, 0.05) is 5.41 Å². The first kappa shape index (κ1) is 10.6. The van der Waals surface area contributed by atoms with E-state index >= 15 is 0 Å². The normalized spacial score (nSPS) is 17.5. The monoisotopic (exact) mass is 229 g/mol. The summed E-state index contributed by atoms with van der Waals surface area (Å²) in [6.07, 6.45) is 2.31. The van der Waals surface area contributed by atoms with Crippen molar-refractivity contribution in [3.63, 3.8) is 0 Å². The molecule has 0 spiro atoms. The maximum Gasteiger partial charge on any atom is 0.168 e. The molecule has 0 aliphatic heterocycles.